The van der Waals surface area contributed by atoms with Crippen LogP contribution in [0.3, 0.4) is 0 Å². The van der Waals surface area contributed by atoms with E-state index < -0.39 is 0 Å². The fourth-order valence-corrected chi connectivity index (χ4v) is 5.33. The zero-order chi connectivity index (χ0) is 19.6. The summed E-state index contributed by atoms with van der Waals surface area (Å²) < 4.78 is 2.46. The fraction of sp³-hybridized carbons (Fsp3) is 0.231. The Morgan fingerprint density at radius 2 is 1.55 bits per heavy atom. The molecule has 3 aromatic carbocycles. The average Bonchev–Trinajstić information content (AvgIpc) is 3.10. The van der Waals surface area contributed by atoms with Crippen LogP contribution in [0.4, 0.5) is 0 Å². The van der Waals surface area contributed by atoms with Crippen LogP contribution < -0.4 is 0 Å². The first-order chi connectivity index (χ1) is 14.3. The molecule has 0 radical (unpaired) electrons. The number of nitrogens with zero attached hydrogens (tertiary/aromatic N) is 2. The van der Waals surface area contributed by atoms with Crippen LogP contribution in [0.5, 0.6) is 0 Å². The van der Waals surface area contributed by atoms with Gasteiger partial charge in [0, 0.05) is 42.2 Å². The van der Waals surface area contributed by atoms with Crippen LogP contribution in [0.25, 0.3) is 27.7 Å². The number of hydrogen-bond donors (Lipinski definition) is 0. The Kier molecular flexibility index (Phi) is 5.17. The highest BCUT2D eigenvalue weighted by molar-refractivity contribution is 7.99. The molecule has 3 heteroatoms. The second-order valence-electron chi connectivity index (χ2n) is 7.73. The zero-order valence-corrected chi connectivity index (χ0v) is 17.7. The molecule has 0 saturated carbocycles. The lowest BCUT2D eigenvalue weighted by Gasteiger charge is -2.26. The van der Waals surface area contributed by atoms with E-state index in [1.54, 1.807) is 0 Å². The molecular formula is C26H26N2S. The second-order valence-corrected chi connectivity index (χ2v) is 8.95. The quantitative estimate of drug-likeness (QED) is 0.407. The van der Waals surface area contributed by atoms with Crippen molar-refractivity contribution in [3.63, 3.8) is 0 Å². The normalized spacial score (nSPS) is 15.1. The second kappa shape index (κ2) is 8.10. The van der Waals surface area contributed by atoms with E-state index in [0.717, 1.165) is 6.54 Å². The van der Waals surface area contributed by atoms with E-state index in [4.69, 9.17) is 0 Å². The van der Waals surface area contributed by atoms with Gasteiger partial charge >= 0.3 is 0 Å². The van der Waals surface area contributed by atoms with Gasteiger partial charge in [0.25, 0.3) is 0 Å². The van der Waals surface area contributed by atoms with Gasteiger partial charge in [-0.2, -0.15) is 11.8 Å². The summed E-state index contributed by atoms with van der Waals surface area (Å²) in [5, 5.41) is 2.58. The van der Waals surface area contributed by atoms with Gasteiger partial charge in [-0.15, -0.1) is 0 Å². The van der Waals surface area contributed by atoms with Crippen molar-refractivity contribution in [3.8, 4) is 16.9 Å². The van der Waals surface area contributed by atoms with E-state index in [-0.39, 0.29) is 0 Å². The number of aromatic nitrogens is 1. The van der Waals surface area contributed by atoms with E-state index in [1.807, 2.05) is 0 Å². The summed E-state index contributed by atoms with van der Waals surface area (Å²) in [5.41, 5.74) is 6.59. The van der Waals surface area contributed by atoms with Crippen LogP contribution in [-0.2, 0) is 6.54 Å². The molecule has 146 valence electrons. The number of hydrogen-bond acceptors (Lipinski definition) is 2. The van der Waals surface area contributed by atoms with E-state index in [2.05, 4.69) is 107 Å². The van der Waals surface area contributed by atoms with Gasteiger partial charge in [0.1, 0.15) is 0 Å². The lowest BCUT2D eigenvalue weighted by molar-refractivity contribution is 0.294. The number of rotatable bonds is 4. The first-order valence-electron chi connectivity index (χ1n) is 10.4. The lowest BCUT2D eigenvalue weighted by Crippen LogP contribution is -2.32. The minimum absolute atomic E-state index is 1.03. The van der Waals surface area contributed by atoms with Crippen LogP contribution in [0.2, 0.25) is 0 Å². The third-order valence-electron chi connectivity index (χ3n) is 5.93. The van der Waals surface area contributed by atoms with Gasteiger partial charge in [-0.25, -0.2) is 0 Å². The van der Waals surface area contributed by atoms with Gasteiger partial charge in [0.2, 0.25) is 0 Å². The molecule has 2 heterocycles. The summed E-state index contributed by atoms with van der Waals surface area (Å²) >= 11 is 2.07. The van der Waals surface area contributed by atoms with Gasteiger partial charge in [0.05, 0.1) is 11.4 Å². The highest BCUT2D eigenvalue weighted by Gasteiger charge is 2.19. The van der Waals surface area contributed by atoms with Crippen molar-refractivity contribution in [2.24, 2.45) is 0 Å². The number of fused-ring (bicyclic) bond motifs is 1. The average molecular weight is 399 g/mol. The van der Waals surface area contributed by atoms with E-state index in [0.29, 0.717) is 0 Å². The maximum absolute atomic E-state index is 2.60. The Morgan fingerprint density at radius 3 is 2.38 bits per heavy atom. The molecule has 1 aromatic heterocycles. The van der Waals surface area contributed by atoms with Gasteiger partial charge in [-0.3, -0.25) is 4.90 Å². The van der Waals surface area contributed by atoms with Crippen molar-refractivity contribution in [2.75, 3.05) is 24.6 Å². The topological polar surface area (TPSA) is 8.17 Å². The Hall–Kier alpha value is -2.49. The molecule has 5 rings (SSSR count). The molecule has 4 aromatic rings. The van der Waals surface area contributed by atoms with Crippen LogP contribution >= 0.6 is 11.8 Å². The molecule has 1 aliphatic rings. The molecule has 1 fully saturated rings. The van der Waals surface area contributed by atoms with Gasteiger partial charge in [-0.05, 0) is 35.6 Å². The summed E-state index contributed by atoms with van der Waals surface area (Å²) in [4.78, 5) is 2.60. The van der Waals surface area contributed by atoms with Crippen LogP contribution in [0.15, 0.2) is 78.9 Å². The minimum Gasteiger partial charge on any atom is -0.313 e. The maximum Gasteiger partial charge on any atom is 0.0537 e. The molecule has 0 aliphatic carbocycles. The Labute approximate surface area is 177 Å². The van der Waals surface area contributed by atoms with Gasteiger partial charge in [0.15, 0.2) is 0 Å². The molecule has 0 amide bonds. The summed E-state index contributed by atoms with van der Waals surface area (Å²) in [6.45, 7) is 5.68. The van der Waals surface area contributed by atoms with Crippen molar-refractivity contribution in [3.05, 3.63) is 90.1 Å². The molecule has 0 bridgehead atoms. The SMILES string of the molecule is Cc1c(CN2CCSCC2)cc(-c2ccccc2)n1-c1cccc2ccccc12. The molecule has 1 saturated heterocycles. The largest absolute Gasteiger partial charge is 0.313 e. The molecular weight excluding hydrogens is 372 g/mol. The molecule has 0 spiro atoms. The van der Waals surface area contributed by atoms with Crippen molar-refractivity contribution in [1.29, 1.82) is 0 Å². The zero-order valence-electron chi connectivity index (χ0n) is 16.8. The molecule has 2 nitrogen and oxygen atoms in total. The Bertz CT molecular complexity index is 1120. The Morgan fingerprint density at radius 1 is 0.828 bits per heavy atom. The monoisotopic (exact) mass is 398 g/mol. The molecule has 1 aliphatic heterocycles. The van der Waals surface area contributed by atoms with Crippen molar-refractivity contribution in [2.45, 2.75) is 13.5 Å². The van der Waals surface area contributed by atoms with Crippen LogP contribution in [0, 0.1) is 6.92 Å². The third-order valence-corrected chi connectivity index (χ3v) is 6.87. The predicted molar refractivity (Wildman–Crippen MR) is 126 cm³/mol. The Balaban J connectivity index is 1.68. The van der Waals surface area contributed by atoms with Crippen molar-refractivity contribution < 1.29 is 0 Å². The highest BCUT2D eigenvalue weighted by atomic mass is 32.2. The summed E-state index contributed by atoms with van der Waals surface area (Å²) in [6, 6.07) is 28.5. The fourth-order valence-electron chi connectivity index (χ4n) is 4.35. The number of benzene rings is 3. The summed E-state index contributed by atoms with van der Waals surface area (Å²) in [6.07, 6.45) is 0. The van der Waals surface area contributed by atoms with Crippen LogP contribution in [-0.4, -0.2) is 34.1 Å². The van der Waals surface area contributed by atoms with Gasteiger partial charge in [-0.1, -0.05) is 66.7 Å². The standard InChI is InChI=1S/C26H26N2S/c1-20-23(19-27-14-16-29-17-15-27)18-26(22-9-3-2-4-10-22)28(20)25-13-7-11-21-8-5-6-12-24(21)25/h2-13,18H,14-17,19H2,1H3. The maximum atomic E-state index is 2.60. The van der Waals surface area contributed by atoms with E-state index >= 15 is 0 Å². The van der Waals surface area contributed by atoms with Gasteiger partial charge < -0.3 is 4.57 Å². The third kappa shape index (κ3) is 3.61. The summed E-state index contributed by atoms with van der Waals surface area (Å²) in [5.74, 6) is 2.49. The predicted octanol–water partition coefficient (Wildman–Crippen LogP) is 6.15. The van der Waals surface area contributed by atoms with E-state index in [1.165, 1.54) is 63.6 Å². The molecule has 0 N–H and O–H groups in total. The van der Waals surface area contributed by atoms with E-state index in [9.17, 15) is 0 Å². The molecule has 0 atom stereocenters. The minimum atomic E-state index is 1.03. The molecule has 29 heavy (non-hydrogen) atoms. The first-order valence-corrected chi connectivity index (χ1v) is 11.5. The summed E-state index contributed by atoms with van der Waals surface area (Å²) in [7, 11) is 0. The van der Waals surface area contributed by atoms with Crippen molar-refractivity contribution >= 4 is 22.5 Å². The first kappa shape index (κ1) is 18.5. The smallest absolute Gasteiger partial charge is 0.0537 e. The highest BCUT2D eigenvalue weighted by Crippen LogP contribution is 2.33. The molecule has 0 unspecified atom stereocenters. The number of thioether (sulfide) groups is 1. The van der Waals surface area contributed by atoms with Crippen molar-refractivity contribution in [1.82, 2.24) is 9.47 Å². The van der Waals surface area contributed by atoms with Crippen LogP contribution in [0.1, 0.15) is 11.3 Å². The lowest BCUT2D eigenvalue weighted by atomic mass is 10.1.